The summed E-state index contributed by atoms with van der Waals surface area (Å²) >= 11 is 0. The highest BCUT2D eigenvalue weighted by molar-refractivity contribution is 5.76. The topological polar surface area (TPSA) is 75.3 Å². The summed E-state index contributed by atoms with van der Waals surface area (Å²) in [6.07, 6.45) is 3.92. The van der Waals surface area contributed by atoms with E-state index in [-0.39, 0.29) is 23.9 Å². The SMILES string of the molecule is COc1ccc(C2NNC(C)C2CC(=O)NCc2ccncc2)cc1. The van der Waals surface area contributed by atoms with Crippen molar-refractivity contribution in [3.8, 4) is 5.75 Å². The molecule has 3 N–H and O–H groups in total. The zero-order chi connectivity index (χ0) is 17.6. The van der Waals surface area contributed by atoms with Gasteiger partial charge in [-0.25, -0.2) is 5.43 Å². The third-order valence-electron chi connectivity index (χ3n) is 4.67. The van der Waals surface area contributed by atoms with Crippen LogP contribution in [0.5, 0.6) is 5.75 Å². The number of hydrogen-bond acceptors (Lipinski definition) is 5. The Bertz CT molecular complexity index is 690. The van der Waals surface area contributed by atoms with Crippen molar-refractivity contribution in [1.82, 2.24) is 21.2 Å². The molecule has 132 valence electrons. The van der Waals surface area contributed by atoms with Gasteiger partial charge in [0, 0.05) is 37.3 Å². The zero-order valence-corrected chi connectivity index (χ0v) is 14.5. The second-order valence-electron chi connectivity index (χ2n) is 6.33. The number of carbonyl (C=O) groups excluding carboxylic acids is 1. The monoisotopic (exact) mass is 340 g/mol. The molecule has 1 aliphatic rings. The Morgan fingerprint density at radius 1 is 1.16 bits per heavy atom. The van der Waals surface area contributed by atoms with Gasteiger partial charge in [-0.05, 0) is 42.3 Å². The summed E-state index contributed by atoms with van der Waals surface area (Å²) < 4.78 is 5.21. The van der Waals surface area contributed by atoms with Gasteiger partial charge in [0.1, 0.15) is 5.75 Å². The molecule has 1 fully saturated rings. The second kappa shape index (κ2) is 8.09. The van der Waals surface area contributed by atoms with Gasteiger partial charge in [0.05, 0.1) is 13.2 Å². The average Bonchev–Trinajstić information content (AvgIpc) is 3.01. The second-order valence-corrected chi connectivity index (χ2v) is 6.33. The lowest BCUT2D eigenvalue weighted by Crippen LogP contribution is -2.31. The Hall–Kier alpha value is -2.44. The molecule has 0 aliphatic carbocycles. The van der Waals surface area contributed by atoms with Crippen molar-refractivity contribution in [3.63, 3.8) is 0 Å². The number of methoxy groups -OCH3 is 1. The van der Waals surface area contributed by atoms with Crippen LogP contribution in [0.4, 0.5) is 0 Å². The lowest BCUT2D eigenvalue weighted by molar-refractivity contribution is -0.122. The first-order valence-electron chi connectivity index (χ1n) is 8.48. The molecular formula is C19H24N4O2. The number of rotatable bonds is 6. The van der Waals surface area contributed by atoms with Crippen LogP contribution in [0.1, 0.15) is 30.5 Å². The molecule has 0 spiro atoms. The molecule has 0 bridgehead atoms. The summed E-state index contributed by atoms with van der Waals surface area (Å²) in [4.78, 5) is 16.4. The van der Waals surface area contributed by atoms with Gasteiger partial charge in [-0.2, -0.15) is 0 Å². The molecule has 1 aromatic heterocycles. The number of hydrogen-bond donors (Lipinski definition) is 3. The minimum Gasteiger partial charge on any atom is -0.497 e. The number of nitrogens with one attached hydrogen (secondary N) is 3. The van der Waals surface area contributed by atoms with Crippen LogP contribution in [0.2, 0.25) is 0 Å². The maximum absolute atomic E-state index is 12.4. The number of amides is 1. The van der Waals surface area contributed by atoms with Crippen molar-refractivity contribution in [3.05, 3.63) is 59.9 Å². The molecule has 1 aliphatic heterocycles. The smallest absolute Gasteiger partial charge is 0.220 e. The quantitative estimate of drug-likeness (QED) is 0.749. The van der Waals surface area contributed by atoms with Crippen molar-refractivity contribution in [2.75, 3.05) is 7.11 Å². The minimum atomic E-state index is 0.0534. The van der Waals surface area contributed by atoms with Gasteiger partial charge < -0.3 is 10.1 Å². The first kappa shape index (κ1) is 17.4. The zero-order valence-electron chi connectivity index (χ0n) is 14.5. The van der Waals surface area contributed by atoms with Crippen molar-refractivity contribution in [2.45, 2.75) is 32.0 Å². The van der Waals surface area contributed by atoms with Gasteiger partial charge in [0.15, 0.2) is 0 Å². The predicted molar refractivity (Wildman–Crippen MR) is 95.7 cm³/mol. The van der Waals surface area contributed by atoms with E-state index in [2.05, 4.69) is 28.1 Å². The van der Waals surface area contributed by atoms with E-state index in [9.17, 15) is 4.79 Å². The van der Waals surface area contributed by atoms with E-state index in [1.807, 2.05) is 36.4 Å². The molecule has 1 aromatic carbocycles. The van der Waals surface area contributed by atoms with Gasteiger partial charge in [-0.3, -0.25) is 15.2 Å². The molecule has 2 aromatic rings. The van der Waals surface area contributed by atoms with E-state index < -0.39 is 0 Å². The van der Waals surface area contributed by atoms with E-state index in [1.165, 1.54) is 0 Å². The van der Waals surface area contributed by atoms with E-state index in [4.69, 9.17) is 4.74 Å². The average molecular weight is 340 g/mol. The fourth-order valence-electron chi connectivity index (χ4n) is 3.15. The Morgan fingerprint density at radius 2 is 1.88 bits per heavy atom. The lowest BCUT2D eigenvalue weighted by Gasteiger charge is -2.21. The molecule has 6 nitrogen and oxygen atoms in total. The maximum atomic E-state index is 12.4. The summed E-state index contributed by atoms with van der Waals surface area (Å²) in [5, 5.41) is 2.99. The van der Waals surface area contributed by atoms with Crippen LogP contribution in [0.25, 0.3) is 0 Å². The minimum absolute atomic E-state index is 0.0534. The number of benzene rings is 1. The van der Waals surface area contributed by atoms with Gasteiger partial charge in [0.25, 0.3) is 0 Å². The first-order valence-corrected chi connectivity index (χ1v) is 8.48. The predicted octanol–water partition coefficient (Wildman–Crippen LogP) is 1.95. The lowest BCUT2D eigenvalue weighted by atomic mass is 9.87. The van der Waals surface area contributed by atoms with E-state index in [0.29, 0.717) is 13.0 Å². The molecule has 1 saturated heterocycles. The number of carbonyl (C=O) groups is 1. The molecule has 3 unspecified atom stereocenters. The number of hydrazine groups is 1. The fraction of sp³-hybridized carbons (Fsp3) is 0.368. The number of nitrogens with zero attached hydrogens (tertiary/aromatic N) is 1. The van der Waals surface area contributed by atoms with Crippen molar-refractivity contribution in [1.29, 1.82) is 0 Å². The number of aromatic nitrogens is 1. The Morgan fingerprint density at radius 3 is 2.56 bits per heavy atom. The van der Waals surface area contributed by atoms with Crippen LogP contribution in [-0.2, 0) is 11.3 Å². The highest BCUT2D eigenvalue weighted by atomic mass is 16.5. The fourth-order valence-corrected chi connectivity index (χ4v) is 3.15. The molecule has 25 heavy (non-hydrogen) atoms. The third-order valence-corrected chi connectivity index (χ3v) is 4.67. The van der Waals surface area contributed by atoms with Crippen LogP contribution in [0.15, 0.2) is 48.8 Å². The van der Waals surface area contributed by atoms with Gasteiger partial charge in [-0.15, -0.1) is 0 Å². The van der Waals surface area contributed by atoms with Crippen LogP contribution in [-0.4, -0.2) is 24.0 Å². The van der Waals surface area contributed by atoms with Crippen LogP contribution < -0.4 is 20.9 Å². The molecule has 1 amide bonds. The molecule has 3 atom stereocenters. The maximum Gasteiger partial charge on any atom is 0.220 e. The van der Waals surface area contributed by atoms with Gasteiger partial charge >= 0.3 is 0 Å². The summed E-state index contributed by atoms with van der Waals surface area (Å²) in [6.45, 7) is 2.62. The summed E-state index contributed by atoms with van der Waals surface area (Å²) in [7, 11) is 1.66. The Kier molecular flexibility index (Phi) is 5.63. The van der Waals surface area contributed by atoms with Gasteiger partial charge in [-0.1, -0.05) is 12.1 Å². The van der Waals surface area contributed by atoms with Crippen LogP contribution >= 0.6 is 0 Å². The first-order chi connectivity index (χ1) is 12.2. The highest BCUT2D eigenvalue weighted by Gasteiger charge is 2.35. The summed E-state index contributed by atoms with van der Waals surface area (Å²) in [5.74, 6) is 1.05. The van der Waals surface area contributed by atoms with E-state index in [0.717, 1.165) is 16.9 Å². The molecule has 3 rings (SSSR count). The Balaban J connectivity index is 1.61. The van der Waals surface area contributed by atoms with Gasteiger partial charge in [0.2, 0.25) is 5.91 Å². The molecular weight excluding hydrogens is 316 g/mol. The normalized spacial score (nSPS) is 22.6. The molecule has 0 radical (unpaired) electrons. The van der Waals surface area contributed by atoms with E-state index >= 15 is 0 Å². The molecule has 2 heterocycles. The van der Waals surface area contributed by atoms with E-state index in [1.54, 1.807) is 19.5 Å². The Labute approximate surface area is 148 Å². The van der Waals surface area contributed by atoms with Crippen molar-refractivity contribution >= 4 is 5.91 Å². The van der Waals surface area contributed by atoms with Crippen molar-refractivity contribution < 1.29 is 9.53 Å². The van der Waals surface area contributed by atoms with Crippen molar-refractivity contribution in [2.24, 2.45) is 5.92 Å². The standard InChI is InChI=1S/C19H24N4O2/c1-13-17(11-18(24)21-12-14-7-9-20-10-8-14)19(23-22-13)15-3-5-16(25-2)6-4-15/h3-10,13,17,19,22-23H,11-12H2,1-2H3,(H,21,24). The van der Waals surface area contributed by atoms with Crippen LogP contribution in [0, 0.1) is 5.92 Å². The summed E-state index contributed by atoms with van der Waals surface area (Å²) in [5.41, 5.74) is 8.76. The third kappa shape index (κ3) is 4.35. The molecule has 6 heteroatoms. The summed E-state index contributed by atoms with van der Waals surface area (Å²) in [6, 6.07) is 12.1. The largest absolute Gasteiger partial charge is 0.497 e. The highest BCUT2D eigenvalue weighted by Crippen LogP contribution is 2.32. The molecule has 0 saturated carbocycles. The number of pyridine rings is 1. The number of ether oxygens (including phenoxy) is 1. The van der Waals surface area contributed by atoms with Crippen LogP contribution in [0.3, 0.4) is 0 Å².